The van der Waals surface area contributed by atoms with E-state index in [-0.39, 0.29) is 0 Å². The summed E-state index contributed by atoms with van der Waals surface area (Å²) in [6, 6.07) is 7.06. The first-order valence-electron chi connectivity index (χ1n) is 7.98. The molecular weight excluding hydrogens is 337 g/mol. The molecule has 132 valence electrons. The maximum atomic E-state index is 12.5. The van der Waals surface area contributed by atoms with Crippen molar-refractivity contribution in [3.05, 3.63) is 48.4 Å². The molecule has 8 heteroatoms. The first-order valence-corrected chi connectivity index (χ1v) is 7.98. The van der Waals surface area contributed by atoms with Crippen LogP contribution in [0.3, 0.4) is 0 Å². The number of H-pyrrole nitrogens is 1. The van der Waals surface area contributed by atoms with Gasteiger partial charge in [-0.2, -0.15) is 0 Å². The summed E-state index contributed by atoms with van der Waals surface area (Å²) in [6.45, 7) is -0.931. The fourth-order valence-electron chi connectivity index (χ4n) is 2.97. The topological polar surface area (TPSA) is 98.8 Å². The molecular formula is C18H16FN5O2. The summed E-state index contributed by atoms with van der Waals surface area (Å²) < 4.78 is 19.3. The van der Waals surface area contributed by atoms with Gasteiger partial charge in [-0.3, -0.25) is 10.7 Å². The zero-order valence-corrected chi connectivity index (χ0v) is 13.9. The first kappa shape index (κ1) is 16.2. The Hall–Kier alpha value is -3.26. The number of carbonyl (C=O) groups excluding carboxylic acids is 1. The third kappa shape index (κ3) is 2.70. The first-order chi connectivity index (χ1) is 12.6. The van der Waals surface area contributed by atoms with Gasteiger partial charge >= 0.3 is 5.97 Å². The molecule has 0 bridgehead atoms. The van der Waals surface area contributed by atoms with Crippen molar-refractivity contribution in [1.82, 2.24) is 19.5 Å². The molecule has 0 fully saturated rings. The van der Waals surface area contributed by atoms with E-state index in [1.165, 1.54) is 0 Å². The van der Waals surface area contributed by atoms with Crippen LogP contribution in [0.2, 0.25) is 0 Å². The average molecular weight is 353 g/mol. The Morgan fingerprint density at radius 2 is 2.15 bits per heavy atom. The SMILES string of the molecule is Cn1cc(-c2cc3nccnc3[nH]2)c2cc(C(=O)OC(N)CF)ccc21. The van der Waals surface area contributed by atoms with Crippen LogP contribution >= 0.6 is 0 Å². The molecule has 0 aliphatic rings. The minimum absolute atomic E-state index is 0.307. The molecule has 0 aliphatic heterocycles. The van der Waals surface area contributed by atoms with E-state index < -0.39 is 18.9 Å². The molecule has 1 aromatic carbocycles. The number of aryl methyl sites for hydroxylation is 1. The smallest absolute Gasteiger partial charge is 0.339 e. The number of nitrogens with two attached hydrogens (primary N) is 1. The second-order valence-corrected chi connectivity index (χ2v) is 5.96. The monoisotopic (exact) mass is 353 g/mol. The number of nitrogens with zero attached hydrogens (tertiary/aromatic N) is 3. The summed E-state index contributed by atoms with van der Waals surface area (Å²) in [5.41, 5.74) is 9.76. The van der Waals surface area contributed by atoms with Gasteiger partial charge in [0.15, 0.2) is 11.9 Å². The number of nitrogens with one attached hydrogen (secondary N) is 1. The van der Waals surface area contributed by atoms with Crippen molar-refractivity contribution in [2.75, 3.05) is 6.67 Å². The molecule has 0 spiro atoms. The number of carbonyl (C=O) groups is 1. The molecule has 4 aromatic rings. The number of hydrogen-bond donors (Lipinski definition) is 2. The van der Waals surface area contributed by atoms with Crippen LogP contribution in [0.5, 0.6) is 0 Å². The van der Waals surface area contributed by atoms with E-state index in [9.17, 15) is 9.18 Å². The number of aromatic amines is 1. The van der Waals surface area contributed by atoms with Gasteiger partial charge in [-0.25, -0.2) is 14.2 Å². The van der Waals surface area contributed by atoms with Crippen molar-refractivity contribution < 1.29 is 13.9 Å². The van der Waals surface area contributed by atoms with Crippen LogP contribution in [-0.4, -0.2) is 38.4 Å². The van der Waals surface area contributed by atoms with Gasteiger partial charge in [0.25, 0.3) is 0 Å². The third-order valence-electron chi connectivity index (χ3n) is 4.19. The Morgan fingerprint density at radius 3 is 2.92 bits per heavy atom. The van der Waals surface area contributed by atoms with Crippen LogP contribution in [0.25, 0.3) is 33.3 Å². The number of alkyl halides is 1. The lowest BCUT2D eigenvalue weighted by atomic mass is 10.1. The maximum Gasteiger partial charge on any atom is 0.339 e. The van der Waals surface area contributed by atoms with Crippen LogP contribution in [0, 0.1) is 0 Å². The maximum absolute atomic E-state index is 12.5. The van der Waals surface area contributed by atoms with Gasteiger partial charge in [-0.05, 0) is 24.3 Å². The zero-order valence-electron chi connectivity index (χ0n) is 13.9. The molecule has 0 saturated carbocycles. The van der Waals surface area contributed by atoms with E-state index in [4.69, 9.17) is 10.5 Å². The summed E-state index contributed by atoms with van der Waals surface area (Å²) in [6.07, 6.45) is 3.94. The Balaban J connectivity index is 1.82. The van der Waals surface area contributed by atoms with E-state index in [0.717, 1.165) is 27.7 Å². The molecule has 7 nitrogen and oxygen atoms in total. The van der Waals surface area contributed by atoms with E-state index >= 15 is 0 Å². The van der Waals surface area contributed by atoms with Crippen molar-refractivity contribution in [1.29, 1.82) is 0 Å². The summed E-state index contributed by atoms with van der Waals surface area (Å²) in [4.78, 5) is 23.9. The molecule has 0 aliphatic carbocycles. The van der Waals surface area contributed by atoms with Crippen molar-refractivity contribution in [2.24, 2.45) is 12.8 Å². The highest BCUT2D eigenvalue weighted by atomic mass is 19.1. The van der Waals surface area contributed by atoms with Crippen molar-refractivity contribution in [2.45, 2.75) is 6.23 Å². The summed E-state index contributed by atoms with van der Waals surface area (Å²) in [7, 11) is 1.92. The van der Waals surface area contributed by atoms with E-state index in [0.29, 0.717) is 11.2 Å². The van der Waals surface area contributed by atoms with Crippen LogP contribution in [0.15, 0.2) is 42.9 Å². The highest BCUT2D eigenvalue weighted by Gasteiger charge is 2.17. The average Bonchev–Trinajstić information content (AvgIpc) is 3.22. The second kappa shape index (κ2) is 6.23. The quantitative estimate of drug-likeness (QED) is 0.434. The predicted molar refractivity (Wildman–Crippen MR) is 95.2 cm³/mol. The molecule has 0 radical (unpaired) electrons. The van der Waals surface area contributed by atoms with Crippen LogP contribution in [0.1, 0.15) is 10.4 Å². The molecule has 4 rings (SSSR count). The Morgan fingerprint density at radius 1 is 1.35 bits per heavy atom. The number of halogens is 1. The summed E-state index contributed by atoms with van der Waals surface area (Å²) in [5.74, 6) is -0.660. The fourth-order valence-corrected chi connectivity index (χ4v) is 2.97. The van der Waals surface area contributed by atoms with Gasteiger partial charge in [0.2, 0.25) is 0 Å². The van der Waals surface area contributed by atoms with Gasteiger partial charge in [-0.1, -0.05) is 0 Å². The molecule has 3 N–H and O–H groups in total. The normalized spacial score (nSPS) is 12.6. The standard InChI is InChI=1S/C18H16FN5O2/c1-24-9-12(13-7-14-17(23-13)22-5-4-21-14)11-6-10(2-3-15(11)24)18(25)26-16(20)8-19/h2-7,9,16H,8,20H2,1H3,(H,22,23). The van der Waals surface area contributed by atoms with Gasteiger partial charge in [0.05, 0.1) is 11.3 Å². The lowest BCUT2D eigenvalue weighted by Gasteiger charge is -2.09. The number of ether oxygens (including phenoxy) is 1. The second-order valence-electron chi connectivity index (χ2n) is 5.96. The molecule has 3 heterocycles. The molecule has 3 aromatic heterocycles. The van der Waals surface area contributed by atoms with Gasteiger partial charge in [0, 0.05) is 42.1 Å². The lowest BCUT2D eigenvalue weighted by molar-refractivity contribution is 0.0258. The number of hydrogen-bond acceptors (Lipinski definition) is 5. The number of esters is 1. The Kier molecular flexibility index (Phi) is 3.89. The summed E-state index contributed by atoms with van der Waals surface area (Å²) >= 11 is 0. The van der Waals surface area contributed by atoms with E-state index in [2.05, 4.69) is 15.0 Å². The van der Waals surface area contributed by atoms with Crippen LogP contribution in [0.4, 0.5) is 4.39 Å². The van der Waals surface area contributed by atoms with Crippen molar-refractivity contribution in [3.63, 3.8) is 0 Å². The van der Waals surface area contributed by atoms with E-state index in [1.54, 1.807) is 24.5 Å². The third-order valence-corrected chi connectivity index (χ3v) is 4.19. The number of rotatable bonds is 4. The molecule has 1 unspecified atom stereocenters. The van der Waals surface area contributed by atoms with Crippen molar-refractivity contribution in [3.8, 4) is 11.3 Å². The van der Waals surface area contributed by atoms with Crippen LogP contribution < -0.4 is 5.73 Å². The minimum atomic E-state index is -1.26. The number of aromatic nitrogens is 4. The molecule has 1 atom stereocenters. The number of fused-ring (bicyclic) bond motifs is 2. The van der Waals surface area contributed by atoms with E-state index in [1.807, 2.05) is 29.9 Å². The van der Waals surface area contributed by atoms with Gasteiger partial charge < -0.3 is 14.3 Å². The zero-order chi connectivity index (χ0) is 18.3. The molecule has 26 heavy (non-hydrogen) atoms. The Bertz CT molecular complexity index is 1080. The van der Waals surface area contributed by atoms with Crippen molar-refractivity contribution >= 4 is 28.0 Å². The highest BCUT2D eigenvalue weighted by Crippen LogP contribution is 2.31. The lowest BCUT2D eigenvalue weighted by Crippen LogP contribution is -2.29. The summed E-state index contributed by atoms with van der Waals surface area (Å²) in [5, 5.41) is 0.849. The predicted octanol–water partition coefficient (Wildman–Crippen LogP) is 2.53. The molecule has 0 saturated heterocycles. The van der Waals surface area contributed by atoms with Gasteiger partial charge in [-0.15, -0.1) is 0 Å². The molecule has 0 amide bonds. The number of benzene rings is 1. The van der Waals surface area contributed by atoms with Gasteiger partial charge in [0.1, 0.15) is 12.2 Å². The largest absolute Gasteiger partial charge is 0.440 e. The highest BCUT2D eigenvalue weighted by molar-refractivity contribution is 6.01. The minimum Gasteiger partial charge on any atom is -0.440 e. The van der Waals surface area contributed by atoms with Crippen LogP contribution in [-0.2, 0) is 11.8 Å². The fraction of sp³-hybridized carbons (Fsp3) is 0.167. The Labute approximate surface area is 147 Å².